The first-order valence-corrected chi connectivity index (χ1v) is 5.31. The smallest absolute Gasteiger partial charge is 0.306 e. The molecule has 0 amide bonds. The minimum Gasteiger partial charge on any atom is -0.306 e. The van der Waals surface area contributed by atoms with Crippen LogP contribution in [-0.2, 0) is 0 Å². The minimum atomic E-state index is -4.22. The molecule has 0 fully saturated rings. The van der Waals surface area contributed by atoms with E-state index in [9.17, 15) is 13.2 Å². The van der Waals surface area contributed by atoms with Gasteiger partial charge in [0.25, 0.3) is 0 Å². The topological polar surface area (TPSA) is 12.0 Å². The molecule has 0 radical (unpaired) electrons. The minimum absolute atomic E-state index is 0.307. The molecule has 1 rings (SSSR count). The van der Waals surface area contributed by atoms with E-state index in [0.29, 0.717) is 12.1 Å². The normalized spacial score (nSPS) is 15.8. The Kier molecular flexibility index (Phi) is 4.35. The summed E-state index contributed by atoms with van der Waals surface area (Å²) in [4.78, 5) is 0. The molecule has 1 N–H and O–H groups in total. The summed E-state index contributed by atoms with van der Waals surface area (Å²) >= 11 is 0. The van der Waals surface area contributed by atoms with Crippen molar-refractivity contribution in [2.75, 3.05) is 6.54 Å². The van der Waals surface area contributed by atoms with Crippen molar-refractivity contribution in [1.29, 1.82) is 0 Å². The van der Waals surface area contributed by atoms with Gasteiger partial charge in [-0.3, -0.25) is 0 Å². The van der Waals surface area contributed by atoms with Crippen molar-refractivity contribution < 1.29 is 13.2 Å². The second kappa shape index (κ2) is 5.34. The number of halogens is 3. The molecule has 4 heteroatoms. The molecule has 0 saturated heterocycles. The quantitative estimate of drug-likeness (QED) is 0.838. The molecule has 0 aromatic heterocycles. The Labute approximate surface area is 93.7 Å². The highest BCUT2D eigenvalue weighted by Gasteiger charge is 2.42. The largest absolute Gasteiger partial charge is 0.404 e. The Bertz CT molecular complexity index is 308. The Morgan fingerprint density at radius 3 is 2.19 bits per heavy atom. The summed E-state index contributed by atoms with van der Waals surface area (Å²) in [5, 5.41) is 2.50. The molecule has 1 nitrogen and oxygen atoms in total. The Hall–Kier alpha value is -1.03. The van der Waals surface area contributed by atoms with Gasteiger partial charge in [0.15, 0.2) is 0 Å². The molecule has 0 spiro atoms. The first kappa shape index (κ1) is 13.0. The van der Waals surface area contributed by atoms with Gasteiger partial charge in [-0.25, -0.2) is 0 Å². The summed E-state index contributed by atoms with van der Waals surface area (Å²) in [5.74, 6) is -0.582. The molecule has 0 aliphatic carbocycles. The van der Waals surface area contributed by atoms with Gasteiger partial charge in [-0.05, 0) is 12.1 Å². The van der Waals surface area contributed by atoms with Crippen molar-refractivity contribution in [1.82, 2.24) is 5.32 Å². The fourth-order valence-corrected chi connectivity index (χ4v) is 1.74. The van der Waals surface area contributed by atoms with Crippen LogP contribution in [0.25, 0.3) is 0 Å². The molecule has 0 saturated carbocycles. The maximum absolute atomic E-state index is 12.8. The van der Waals surface area contributed by atoms with Crippen LogP contribution in [0, 0.1) is 0 Å². The van der Waals surface area contributed by atoms with E-state index >= 15 is 0 Å². The molecule has 90 valence electrons. The highest BCUT2D eigenvalue weighted by Crippen LogP contribution is 2.31. The van der Waals surface area contributed by atoms with Gasteiger partial charge in [0.2, 0.25) is 0 Å². The lowest BCUT2D eigenvalue weighted by Gasteiger charge is -2.27. The van der Waals surface area contributed by atoms with Crippen molar-refractivity contribution in [2.24, 2.45) is 0 Å². The summed E-state index contributed by atoms with van der Waals surface area (Å²) in [5.41, 5.74) is 0.700. The van der Waals surface area contributed by atoms with Gasteiger partial charge in [0, 0.05) is 5.92 Å². The summed E-state index contributed by atoms with van der Waals surface area (Å²) in [6.07, 6.45) is -4.22. The third kappa shape index (κ3) is 3.23. The van der Waals surface area contributed by atoms with Crippen LogP contribution in [0.5, 0.6) is 0 Å². The van der Waals surface area contributed by atoms with Crippen LogP contribution in [0.4, 0.5) is 13.2 Å². The van der Waals surface area contributed by atoms with Gasteiger partial charge < -0.3 is 5.32 Å². The highest BCUT2D eigenvalue weighted by atomic mass is 19.4. The molecular formula is C12H16F3N. The van der Waals surface area contributed by atoms with E-state index in [4.69, 9.17) is 0 Å². The van der Waals surface area contributed by atoms with E-state index in [0.717, 1.165) is 0 Å². The van der Waals surface area contributed by atoms with Gasteiger partial charge in [0.1, 0.15) is 6.04 Å². The number of rotatable bonds is 4. The van der Waals surface area contributed by atoms with Gasteiger partial charge in [0.05, 0.1) is 0 Å². The second-order valence-corrected chi connectivity index (χ2v) is 3.78. The second-order valence-electron chi connectivity index (χ2n) is 3.78. The first-order valence-electron chi connectivity index (χ1n) is 5.31. The van der Waals surface area contributed by atoms with Crippen LogP contribution in [0.2, 0.25) is 0 Å². The van der Waals surface area contributed by atoms with Gasteiger partial charge in [-0.2, -0.15) is 13.2 Å². The Morgan fingerprint density at radius 2 is 1.75 bits per heavy atom. The lowest BCUT2D eigenvalue weighted by atomic mass is 9.93. The fraction of sp³-hybridized carbons (Fsp3) is 0.500. The van der Waals surface area contributed by atoms with Gasteiger partial charge in [-0.1, -0.05) is 44.2 Å². The third-order valence-corrected chi connectivity index (χ3v) is 2.60. The van der Waals surface area contributed by atoms with Crippen LogP contribution in [0.15, 0.2) is 30.3 Å². The number of hydrogen-bond donors (Lipinski definition) is 1. The highest BCUT2D eigenvalue weighted by molar-refractivity contribution is 5.21. The Balaban J connectivity index is 2.87. The van der Waals surface area contributed by atoms with Crippen LogP contribution in [0.3, 0.4) is 0 Å². The molecule has 0 aliphatic rings. The SMILES string of the molecule is CCNC(C(C)c1ccccc1)C(F)(F)F. The van der Waals surface area contributed by atoms with Gasteiger partial charge in [-0.15, -0.1) is 0 Å². The fourth-order valence-electron chi connectivity index (χ4n) is 1.74. The van der Waals surface area contributed by atoms with E-state index in [2.05, 4.69) is 5.32 Å². The van der Waals surface area contributed by atoms with E-state index < -0.39 is 18.1 Å². The Morgan fingerprint density at radius 1 is 1.19 bits per heavy atom. The zero-order valence-corrected chi connectivity index (χ0v) is 9.38. The first-order chi connectivity index (χ1) is 7.46. The molecule has 2 atom stereocenters. The molecule has 0 heterocycles. The van der Waals surface area contributed by atoms with E-state index in [-0.39, 0.29) is 0 Å². The zero-order valence-electron chi connectivity index (χ0n) is 9.38. The van der Waals surface area contributed by atoms with Crippen molar-refractivity contribution in [2.45, 2.75) is 32.0 Å². The van der Waals surface area contributed by atoms with Crippen molar-refractivity contribution in [3.05, 3.63) is 35.9 Å². The van der Waals surface area contributed by atoms with Crippen molar-refractivity contribution in [3.63, 3.8) is 0 Å². The molecule has 2 unspecified atom stereocenters. The third-order valence-electron chi connectivity index (χ3n) is 2.60. The maximum Gasteiger partial charge on any atom is 0.404 e. The van der Waals surface area contributed by atoms with Gasteiger partial charge >= 0.3 is 6.18 Å². The molecular weight excluding hydrogens is 215 g/mol. The summed E-state index contributed by atoms with van der Waals surface area (Å²) in [6, 6.07) is 7.27. The lowest BCUT2D eigenvalue weighted by Crippen LogP contribution is -2.45. The molecule has 16 heavy (non-hydrogen) atoms. The van der Waals surface area contributed by atoms with E-state index in [1.165, 1.54) is 0 Å². The molecule has 1 aromatic rings. The van der Waals surface area contributed by atoms with Crippen LogP contribution in [0.1, 0.15) is 25.3 Å². The van der Waals surface area contributed by atoms with Crippen LogP contribution >= 0.6 is 0 Å². The van der Waals surface area contributed by atoms with Crippen LogP contribution in [-0.4, -0.2) is 18.8 Å². The number of nitrogens with one attached hydrogen (secondary N) is 1. The predicted octanol–water partition coefficient (Wildman–Crippen LogP) is 3.33. The molecule has 0 bridgehead atoms. The maximum atomic E-state index is 12.8. The molecule has 1 aromatic carbocycles. The number of likely N-dealkylation sites (N-methyl/N-ethyl adjacent to an activating group) is 1. The monoisotopic (exact) mass is 231 g/mol. The molecule has 0 aliphatic heterocycles. The lowest BCUT2D eigenvalue weighted by molar-refractivity contribution is -0.160. The summed E-state index contributed by atoms with van der Waals surface area (Å²) in [6.45, 7) is 3.58. The summed E-state index contributed by atoms with van der Waals surface area (Å²) < 4.78 is 38.3. The summed E-state index contributed by atoms with van der Waals surface area (Å²) in [7, 11) is 0. The zero-order chi connectivity index (χ0) is 12.2. The number of hydrogen-bond acceptors (Lipinski definition) is 1. The average Bonchev–Trinajstić information content (AvgIpc) is 2.25. The van der Waals surface area contributed by atoms with E-state index in [1.54, 1.807) is 44.2 Å². The van der Waals surface area contributed by atoms with E-state index in [1.807, 2.05) is 0 Å². The standard InChI is InChI=1S/C12H16F3N/c1-3-16-11(12(13,14)15)9(2)10-7-5-4-6-8-10/h4-9,11,16H,3H2,1-2H3. The average molecular weight is 231 g/mol. The predicted molar refractivity (Wildman–Crippen MR) is 58.4 cm³/mol. The van der Waals surface area contributed by atoms with Crippen molar-refractivity contribution >= 4 is 0 Å². The van der Waals surface area contributed by atoms with Crippen LogP contribution < -0.4 is 5.32 Å². The van der Waals surface area contributed by atoms with Crippen molar-refractivity contribution in [3.8, 4) is 0 Å². The number of benzene rings is 1. The number of alkyl halides is 3.